The number of aryl methyl sites for hydroxylation is 1. The second kappa shape index (κ2) is 5.02. The van der Waals surface area contributed by atoms with Crippen molar-refractivity contribution in [3.63, 3.8) is 0 Å². The fourth-order valence-electron chi connectivity index (χ4n) is 2.71. The molecule has 0 unspecified atom stereocenters. The first-order valence-corrected chi connectivity index (χ1v) is 7.27. The second-order valence-electron chi connectivity index (χ2n) is 5.47. The van der Waals surface area contributed by atoms with Gasteiger partial charge in [-0.3, -0.25) is 0 Å². The lowest BCUT2D eigenvalue weighted by atomic mass is 10.1. The second-order valence-corrected chi connectivity index (χ2v) is 5.47. The molecule has 114 valence electrons. The van der Waals surface area contributed by atoms with E-state index in [0.29, 0.717) is 22.3 Å². The van der Waals surface area contributed by atoms with Crippen LogP contribution >= 0.6 is 0 Å². The predicted octanol–water partition coefficient (Wildman–Crippen LogP) is 4.52. The van der Waals surface area contributed by atoms with Crippen molar-refractivity contribution < 1.29 is 13.6 Å². The van der Waals surface area contributed by atoms with Gasteiger partial charge in [0.15, 0.2) is 5.58 Å². The van der Waals surface area contributed by atoms with E-state index in [1.807, 2.05) is 43.3 Å². The van der Waals surface area contributed by atoms with Gasteiger partial charge in [0.25, 0.3) is 0 Å². The summed E-state index contributed by atoms with van der Waals surface area (Å²) < 4.78 is 16.5. The van der Waals surface area contributed by atoms with Crippen LogP contribution in [0.1, 0.15) is 5.56 Å². The number of hydrogen-bond donors (Lipinski definition) is 0. The van der Waals surface area contributed by atoms with E-state index in [1.165, 1.54) is 0 Å². The number of fused-ring (bicyclic) bond motifs is 3. The first-order chi connectivity index (χ1) is 11.2. The quantitative estimate of drug-likeness (QED) is 0.511. The lowest BCUT2D eigenvalue weighted by molar-refractivity contribution is 0.415. The largest absolute Gasteiger partial charge is 0.497 e. The first-order valence-electron chi connectivity index (χ1n) is 7.27. The average Bonchev–Trinajstić information content (AvgIpc) is 3.02. The summed E-state index contributed by atoms with van der Waals surface area (Å²) in [5.41, 5.74) is 2.66. The van der Waals surface area contributed by atoms with Gasteiger partial charge in [0.2, 0.25) is 0 Å². The Morgan fingerprint density at radius 2 is 1.70 bits per heavy atom. The predicted molar refractivity (Wildman–Crippen MR) is 89.0 cm³/mol. The van der Waals surface area contributed by atoms with Crippen LogP contribution in [0.15, 0.2) is 62.2 Å². The van der Waals surface area contributed by atoms with E-state index < -0.39 is 0 Å². The molecule has 0 radical (unpaired) electrons. The minimum Gasteiger partial charge on any atom is -0.497 e. The van der Waals surface area contributed by atoms with Gasteiger partial charge in [-0.25, -0.2) is 4.79 Å². The van der Waals surface area contributed by atoms with Gasteiger partial charge < -0.3 is 13.6 Å². The summed E-state index contributed by atoms with van der Waals surface area (Å²) in [7, 11) is 1.62. The molecule has 0 atom stereocenters. The summed E-state index contributed by atoms with van der Waals surface area (Å²) in [6.45, 7) is 1.99. The monoisotopic (exact) mass is 306 g/mol. The van der Waals surface area contributed by atoms with Crippen molar-refractivity contribution in [2.24, 2.45) is 0 Å². The van der Waals surface area contributed by atoms with Crippen LogP contribution in [0.25, 0.3) is 33.3 Å². The molecule has 0 bridgehead atoms. The van der Waals surface area contributed by atoms with Crippen molar-refractivity contribution in [1.82, 2.24) is 0 Å². The SMILES string of the molecule is COc1ccc(-c2cc3c(=O)oc4ccc(C)cc4c3o2)cc1. The van der Waals surface area contributed by atoms with Crippen LogP contribution < -0.4 is 10.4 Å². The number of ether oxygens (including phenoxy) is 1. The van der Waals surface area contributed by atoms with E-state index in [9.17, 15) is 4.79 Å². The molecule has 0 aliphatic heterocycles. The molecule has 4 nitrogen and oxygen atoms in total. The van der Waals surface area contributed by atoms with E-state index in [2.05, 4.69) is 0 Å². The van der Waals surface area contributed by atoms with Crippen molar-refractivity contribution in [1.29, 1.82) is 0 Å². The molecule has 0 aliphatic rings. The van der Waals surface area contributed by atoms with Crippen LogP contribution in [0.4, 0.5) is 0 Å². The summed E-state index contributed by atoms with van der Waals surface area (Å²) >= 11 is 0. The Labute approximate surface area is 131 Å². The highest BCUT2D eigenvalue weighted by Gasteiger charge is 2.14. The average molecular weight is 306 g/mol. The van der Waals surface area contributed by atoms with Gasteiger partial charge in [0.1, 0.15) is 22.5 Å². The molecule has 2 heterocycles. The molecule has 4 heteroatoms. The fraction of sp³-hybridized carbons (Fsp3) is 0.105. The molecule has 0 N–H and O–H groups in total. The molecular formula is C19H14O4. The molecule has 4 aromatic rings. The van der Waals surface area contributed by atoms with E-state index >= 15 is 0 Å². The summed E-state index contributed by atoms with van der Waals surface area (Å²) in [6, 6.07) is 14.9. The van der Waals surface area contributed by atoms with Crippen LogP contribution in [0.2, 0.25) is 0 Å². The van der Waals surface area contributed by atoms with Crippen LogP contribution in [0, 0.1) is 6.92 Å². The standard InChI is InChI=1S/C19H14O4/c1-11-3-8-16-14(9-11)18-15(19(20)23-16)10-17(22-18)12-4-6-13(21-2)7-5-12/h3-10H,1-2H3. The van der Waals surface area contributed by atoms with E-state index in [4.69, 9.17) is 13.6 Å². The van der Waals surface area contributed by atoms with Crippen LogP contribution in [0.3, 0.4) is 0 Å². The van der Waals surface area contributed by atoms with Crippen molar-refractivity contribution in [2.75, 3.05) is 7.11 Å². The number of furan rings is 1. The summed E-state index contributed by atoms with van der Waals surface area (Å²) in [5.74, 6) is 1.40. The molecule has 0 spiro atoms. The Morgan fingerprint density at radius 1 is 0.913 bits per heavy atom. The zero-order chi connectivity index (χ0) is 16.0. The van der Waals surface area contributed by atoms with Crippen LogP contribution in [-0.2, 0) is 0 Å². The molecule has 2 aromatic carbocycles. The molecule has 0 amide bonds. The third-order valence-electron chi connectivity index (χ3n) is 3.91. The molecule has 0 aliphatic carbocycles. The number of rotatable bonds is 2. The van der Waals surface area contributed by atoms with Gasteiger partial charge >= 0.3 is 5.63 Å². The van der Waals surface area contributed by atoms with E-state index in [1.54, 1.807) is 19.2 Å². The maximum absolute atomic E-state index is 12.2. The van der Waals surface area contributed by atoms with E-state index in [-0.39, 0.29) is 5.63 Å². The maximum Gasteiger partial charge on any atom is 0.347 e. The first kappa shape index (κ1) is 13.6. The van der Waals surface area contributed by atoms with Crippen molar-refractivity contribution >= 4 is 21.9 Å². The normalized spacial score (nSPS) is 11.2. The number of hydrogen-bond acceptors (Lipinski definition) is 4. The Balaban J connectivity index is 1.99. The zero-order valence-corrected chi connectivity index (χ0v) is 12.8. The Morgan fingerprint density at radius 3 is 2.43 bits per heavy atom. The van der Waals surface area contributed by atoms with Gasteiger partial charge in [0, 0.05) is 5.56 Å². The third-order valence-corrected chi connectivity index (χ3v) is 3.91. The van der Waals surface area contributed by atoms with Crippen molar-refractivity contribution in [2.45, 2.75) is 6.92 Å². The number of benzene rings is 2. The van der Waals surface area contributed by atoms with Gasteiger partial charge in [-0.1, -0.05) is 11.6 Å². The zero-order valence-electron chi connectivity index (χ0n) is 12.8. The van der Waals surface area contributed by atoms with Crippen molar-refractivity contribution in [3.8, 4) is 17.1 Å². The smallest absolute Gasteiger partial charge is 0.347 e. The molecule has 0 saturated heterocycles. The van der Waals surface area contributed by atoms with Gasteiger partial charge in [-0.05, 0) is 49.4 Å². The van der Waals surface area contributed by atoms with Crippen LogP contribution in [-0.4, -0.2) is 7.11 Å². The lowest BCUT2D eigenvalue weighted by Gasteiger charge is -2.00. The van der Waals surface area contributed by atoms with E-state index in [0.717, 1.165) is 22.3 Å². The molecule has 4 rings (SSSR count). The highest BCUT2D eigenvalue weighted by atomic mass is 16.5. The topological polar surface area (TPSA) is 52.6 Å². The number of methoxy groups -OCH3 is 1. The summed E-state index contributed by atoms with van der Waals surface area (Å²) in [6.07, 6.45) is 0. The molecule has 0 fully saturated rings. The highest BCUT2D eigenvalue weighted by molar-refractivity contribution is 6.02. The maximum atomic E-state index is 12.2. The molecule has 0 saturated carbocycles. The van der Waals surface area contributed by atoms with Gasteiger partial charge in [-0.15, -0.1) is 0 Å². The van der Waals surface area contributed by atoms with Crippen molar-refractivity contribution in [3.05, 3.63) is 64.5 Å². The minimum absolute atomic E-state index is 0.389. The summed E-state index contributed by atoms with van der Waals surface area (Å²) in [5, 5.41) is 1.26. The van der Waals surface area contributed by atoms with Gasteiger partial charge in [0.05, 0.1) is 12.5 Å². The van der Waals surface area contributed by atoms with Gasteiger partial charge in [-0.2, -0.15) is 0 Å². The Kier molecular flexibility index (Phi) is 2.98. The summed E-state index contributed by atoms with van der Waals surface area (Å²) in [4.78, 5) is 12.2. The minimum atomic E-state index is -0.389. The molecule has 23 heavy (non-hydrogen) atoms. The van der Waals surface area contributed by atoms with Crippen LogP contribution in [0.5, 0.6) is 5.75 Å². The lowest BCUT2D eigenvalue weighted by Crippen LogP contribution is -1.97. The third kappa shape index (κ3) is 2.19. The molecular weight excluding hydrogens is 292 g/mol. The highest BCUT2D eigenvalue weighted by Crippen LogP contribution is 2.32. The Bertz CT molecular complexity index is 1070. The fourth-order valence-corrected chi connectivity index (χ4v) is 2.71. The molecule has 2 aromatic heterocycles. The Hall–Kier alpha value is -3.01.